The number of nitriles is 1. The number of hydrogen-bond donors (Lipinski definition) is 1. The number of anilines is 1. The number of nitrogens with one attached hydrogen (secondary N) is 1. The molecule has 6 nitrogen and oxygen atoms in total. The molecule has 1 amide bonds. The van der Waals surface area contributed by atoms with Gasteiger partial charge in [-0.1, -0.05) is 18.2 Å². The summed E-state index contributed by atoms with van der Waals surface area (Å²) in [5.74, 6) is -1.14. The first kappa shape index (κ1) is 20.9. The lowest BCUT2D eigenvalue weighted by Gasteiger charge is -2.05. The van der Waals surface area contributed by atoms with E-state index in [2.05, 4.69) is 10.3 Å². The molecule has 0 bridgehead atoms. The van der Waals surface area contributed by atoms with E-state index in [1.54, 1.807) is 60.9 Å². The number of benzene rings is 2. The van der Waals surface area contributed by atoms with Crippen LogP contribution in [0.3, 0.4) is 0 Å². The molecule has 8 heteroatoms. The van der Waals surface area contributed by atoms with E-state index in [9.17, 15) is 19.2 Å². The van der Waals surface area contributed by atoms with Crippen molar-refractivity contribution in [1.82, 2.24) is 9.55 Å². The van der Waals surface area contributed by atoms with Gasteiger partial charge >= 0.3 is 0 Å². The number of hydrogen-bond acceptors (Lipinski definition) is 5. The highest BCUT2D eigenvalue weighted by atomic mass is 32.1. The van der Waals surface area contributed by atoms with Crippen molar-refractivity contribution in [3.05, 3.63) is 110 Å². The zero-order chi connectivity index (χ0) is 22.5. The molecule has 4 aromatic rings. The van der Waals surface area contributed by atoms with Gasteiger partial charge in [0, 0.05) is 18.1 Å². The number of aromatic nitrogens is 2. The average molecular weight is 442 g/mol. The molecule has 0 spiro atoms. The number of halogens is 1. The van der Waals surface area contributed by atoms with Crippen molar-refractivity contribution < 1.29 is 9.18 Å². The molecule has 0 atom stereocenters. The molecule has 2 aromatic carbocycles. The Hall–Kier alpha value is -4.35. The van der Waals surface area contributed by atoms with E-state index in [4.69, 9.17) is 0 Å². The van der Waals surface area contributed by atoms with Gasteiger partial charge in [-0.05, 0) is 60.2 Å². The Morgan fingerprint density at radius 3 is 2.41 bits per heavy atom. The number of amides is 1. The number of para-hydroxylation sites is 1. The summed E-state index contributed by atoms with van der Waals surface area (Å²) in [6.07, 6.45) is 4.91. The van der Waals surface area contributed by atoms with Gasteiger partial charge in [0.2, 0.25) is 0 Å². The smallest absolute Gasteiger partial charge is 0.273 e. The summed E-state index contributed by atoms with van der Waals surface area (Å²) < 4.78 is 15.1. The zero-order valence-electron chi connectivity index (χ0n) is 16.5. The van der Waals surface area contributed by atoms with Crippen molar-refractivity contribution >= 4 is 34.6 Å². The summed E-state index contributed by atoms with van der Waals surface area (Å²) in [7, 11) is 0. The van der Waals surface area contributed by atoms with Gasteiger partial charge in [0.15, 0.2) is 5.57 Å². The maximum Gasteiger partial charge on any atom is 0.273 e. The van der Waals surface area contributed by atoms with Gasteiger partial charge in [-0.15, -0.1) is 11.3 Å². The van der Waals surface area contributed by atoms with Crippen molar-refractivity contribution in [3.63, 3.8) is 0 Å². The van der Waals surface area contributed by atoms with E-state index >= 15 is 0 Å². The fourth-order valence-corrected chi connectivity index (χ4v) is 4.10. The number of nitrogens with zero attached hydrogens (tertiary/aromatic N) is 3. The lowest BCUT2D eigenvalue weighted by molar-refractivity contribution is -0.111. The highest BCUT2D eigenvalue weighted by molar-refractivity contribution is 7.07. The first-order chi connectivity index (χ1) is 15.6. The third kappa shape index (κ3) is 4.38. The molecule has 156 valence electrons. The van der Waals surface area contributed by atoms with Crippen LogP contribution in [-0.4, -0.2) is 15.5 Å². The monoisotopic (exact) mass is 442 g/mol. The molecule has 2 heterocycles. The Morgan fingerprint density at radius 1 is 1.06 bits per heavy atom. The maximum atomic E-state index is 13.3. The molecule has 0 fully saturated rings. The molecule has 0 aliphatic carbocycles. The number of carbonyl (C=O) groups is 1. The number of thiazole rings is 1. The van der Waals surface area contributed by atoms with E-state index in [1.807, 2.05) is 6.07 Å². The number of pyridine rings is 1. The standard InChI is InChI=1S/C24H15FN4O2S/c25-17-6-8-18(9-7-17)28-22(30)20(15-26)24-29(19-4-2-1-3-5-19)23(31)21(32-24)14-16-10-12-27-13-11-16/h1-14H,(H,28,30)/b21-14+,24-20-. The highest BCUT2D eigenvalue weighted by Gasteiger charge is 2.17. The lowest BCUT2D eigenvalue weighted by Crippen LogP contribution is -2.32. The molecule has 0 saturated heterocycles. The SMILES string of the molecule is N#C/C(C(=O)Nc1ccc(F)cc1)=c1/s/c(=C/c2ccncc2)c(=O)n1-c1ccccc1. The van der Waals surface area contributed by atoms with E-state index in [0.29, 0.717) is 15.9 Å². The molecule has 0 radical (unpaired) electrons. The molecule has 0 unspecified atom stereocenters. The second kappa shape index (κ2) is 9.20. The first-order valence-corrected chi connectivity index (χ1v) is 10.3. The fourth-order valence-electron chi connectivity index (χ4n) is 3.00. The zero-order valence-corrected chi connectivity index (χ0v) is 17.3. The third-order valence-electron chi connectivity index (χ3n) is 4.50. The van der Waals surface area contributed by atoms with Crippen molar-refractivity contribution in [2.45, 2.75) is 0 Å². The third-order valence-corrected chi connectivity index (χ3v) is 5.59. The predicted molar refractivity (Wildman–Crippen MR) is 121 cm³/mol. The Bertz CT molecular complexity index is 1490. The van der Waals surface area contributed by atoms with Gasteiger partial charge in [-0.2, -0.15) is 5.26 Å². The van der Waals surface area contributed by atoms with Gasteiger partial charge in [-0.25, -0.2) is 4.39 Å². The van der Waals surface area contributed by atoms with Gasteiger partial charge < -0.3 is 5.32 Å². The molecule has 0 saturated carbocycles. The minimum Gasteiger partial charge on any atom is -0.321 e. The topological polar surface area (TPSA) is 87.8 Å². The van der Waals surface area contributed by atoms with Gasteiger partial charge in [-0.3, -0.25) is 19.1 Å². The molecule has 4 rings (SSSR count). The van der Waals surface area contributed by atoms with Crippen LogP contribution in [0.2, 0.25) is 0 Å². The number of carbonyl (C=O) groups excluding carboxylic acids is 1. The summed E-state index contributed by atoms with van der Waals surface area (Å²) in [6, 6.07) is 19.4. The van der Waals surface area contributed by atoms with Crippen LogP contribution in [-0.2, 0) is 4.79 Å². The largest absolute Gasteiger partial charge is 0.321 e. The van der Waals surface area contributed by atoms with Crippen LogP contribution < -0.4 is 20.1 Å². The molecule has 2 aromatic heterocycles. The van der Waals surface area contributed by atoms with Crippen LogP contribution in [0.4, 0.5) is 10.1 Å². The minimum atomic E-state index is -0.694. The second-order valence-corrected chi connectivity index (χ2v) is 7.65. The molecular weight excluding hydrogens is 427 g/mol. The molecule has 1 N–H and O–H groups in total. The Kier molecular flexibility index (Phi) is 6.01. The maximum absolute atomic E-state index is 13.3. The van der Waals surface area contributed by atoms with Crippen LogP contribution in [0.1, 0.15) is 5.56 Å². The lowest BCUT2D eigenvalue weighted by atomic mass is 10.2. The fraction of sp³-hybridized carbons (Fsp3) is 0. The van der Waals surface area contributed by atoms with Crippen LogP contribution in [0.5, 0.6) is 0 Å². The van der Waals surface area contributed by atoms with Crippen LogP contribution in [0.15, 0.2) is 83.9 Å². The van der Waals surface area contributed by atoms with E-state index in [0.717, 1.165) is 16.9 Å². The van der Waals surface area contributed by atoms with Crippen LogP contribution >= 0.6 is 11.3 Å². The molecular formula is C24H15FN4O2S. The first-order valence-electron chi connectivity index (χ1n) is 9.47. The number of rotatable bonds is 4. The van der Waals surface area contributed by atoms with Gasteiger partial charge in [0.1, 0.15) is 16.5 Å². The average Bonchev–Trinajstić information content (AvgIpc) is 3.12. The molecule has 0 aliphatic heterocycles. The van der Waals surface area contributed by atoms with Crippen molar-refractivity contribution in [2.75, 3.05) is 5.32 Å². The summed E-state index contributed by atoms with van der Waals surface area (Å²) >= 11 is 1.04. The van der Waals surface area contributed by atoms with E-state index in [1.165, 1.54) is 28.8 Å². The highest BCUT2D eigenvalue weighted by Crippen LogP contribution is 2.10. The van der Waals surface area contributed by atoms with E-state index in [-0.39, 0.29) is 15.8 Å². The summed E-state index contributed by atoms with van der Waals surface area (Å²) in [5.41, 5.74) is 1.04. The Labute approximate surface area is 185 Å². The predicted octanol–water partition coefficient (Wildman–Crippen LogP) is 2.57. The minimum absolute atomic E-state index is 0.198. The summed E-state index contributed by atoms with van der Waals surface area (Å²) in [5, 5.41) is 12.4. The second-order valence-electron chi connectivity index (χ2n) is 6.62. The Morgan fingerprint density at radius 2 is 1.75 bits per heavy atom. The van der Waals surface area contributed by atoms with Crippen molar-refractivity contribution in [1.29, 1.82) is 5.26 Å². The van der Waals surface area contributed by atoms with Gasteiger partial charge in [0.05, 0.1) is 10.2 Å². The quantitative estimate of drug-likeness (QED) is 0.526. The normalized spacial score (nSPS) is 12.2. The van der Waals surface area contributed by atoms with Crippen molar-refractivity contribution in [2.24, 2.45) is 0 Å². The van der Waals surface area contributed by atoms with E-state index < -0.39 is 11.7 Å². The summed E-state index contributed by atoms with van der Waals surface area (Å²) in [4.78, 5) is 30.1. The summed E-state index contributed by atoms with van der Waals surface area (Å²) in [6.45, 7) is 0. The Balaban J connectivity index is 1.94. The van der Waals surface area contributed by atoms with Crippen LogP contribution in [0, 0.1) is 17.1 Å². The van der Waals surface area contributed by atoms with Crippen LogP contribution in [0.25, 0.3) is 17.3 Å². The van der Waals surface area contributed by atoms with Crippen molar-refractivity contribution in [3.8, 4) is 11.8 Å². The van der Waals surface area contributed by atoms with Gasteiger partial charge in [0.25, 0.3) is 11.5 Å². The molecule has 32 heavy (non-hydrogen) atoms. The molecule has 0 aliphatic rings.